The largest absolute Gasteiger partial charge is 0.497 e. The van der Waals surface area contributed by atoms with Crippen LogP contribution in [0.2, 0.25) is 0 Å². The van der Waals surface area contributed by atoms with E-state index < -0.39 is 11.7 Å². The predicted octanol–water partition coefficient (Wildman–Crippen LogP) is 2.41. The molecule has 0 aliphatic rings. The first-order valence-electron chi connectivity index (χ1n) is 6.48. The summed E-state index contributed by atoms with van der Waals surface area (Å²) in [6.07, 6.45) is -0.634. The van der Waals surface area contributed by atoms with Crippen molar-refractivity contribution in [3.8, 4) is 11.5 Å². The van der Waals surface area contributed by atoms with Crippen LogP contribution in [-0.4, -0.2) is 38.2 Å². The average Bonchev–Trinajstić information content (AvgIpc) is 2.42. The first-order valence-corrected chi connectivity index (χ1v) is 6.48. The van der Waals surface area contributed by atoms with Gasteiger partial charge in [-0.2, -0.15) is 0 Å². The molecule has 0 saturated heterocycles. The van der Waals surface area contributed by atoms with E-state index in [1.54, 1.807) is 39.0 Å². The molecule has 6 heteroatoms. The third kappa shape index (κ3) is 5.72. The zero-order valence-electron chi connectivity index (χ0n) is 13.0. The molecule has 0 atom stereocenters. The molecule has 6 nitrogen and oxygen atoms in total. The molecule has 0 bridgehead atoms. The van der Waals surface area contributed by atoms with Gasteiger partial charge in [0.05, 0.1) is 20.8 Å². The van der Waals surface area contributed by atoms with Gasteiger partial charge in [-0.05, 0) is 32.9 Å². The van der Waals surface area contributed by atoms with E-state index in [9.17, 15) is 9.59 Å². The lowest BCUT2D eigenvalue weighted by Crippen LogP contribution is -2.35. The smallest absolute Gasteiger partial charge is 0.408 e. The van der Waals surface area contributed by atoms with Gasteiger partial charge in [0.25, 0.3) is 0 Å². The second-order valence-corrected chi connectivity index (χ2v) is 5.38. The minimum atomic E-state index is -0.634. The zero-order valence-corrected chi connectivity index (χ0v) is 13.0. The fourth-order valence-electron chi connectivity index (χ4n) is 1.54. The fraction of sp³-hybridized carbons (Fsp3) is 0.467. The summed E-state index contributed by atoms with van der Waals surface area (Å²) in [5.74, 6) is 0.753. The van der Waals surface area contributed by atoms with Crippen molar-refractivity contribution < 1.29 is 23.8 Å². The normalized spacial score (nSPS) is 10.7. The molecule has 1 aromatic carbocycles. The lowest BCUT2D eigenvalue weighted by Gasteiger charge is -2.19. The minimum Gasteiger partial charge on any atom is -0.497 e. The number of nitrogens with one attached hydrogen (secondary N) is 1. The molecule has 1 N–H and O–H groups in total. The number of carbonyl (C=O) groups is 2. The maximum atomic E-state index is 12.1. The molecule has 116 valence electrons. The Hall–Kier alpha value is -2.24. The Kier molecular flexibility index (Phi) is 5.58. The van der Waals surface area contributed by atoms with Crippen molar-refractivity contribution in [3.05, 3.63) is 23.8 Å². The van der Waals surface area contributed by atoms with Crippen LogP contribution in [0.5, 0.6) is 11.5 Å². The molecule has 1 amide bonds. The number of benzene rings is 1. The molecule has 0 aliphatic carbocycles. The van der Waals surface area contributed by atoms with Crippen molar-refractivity contribution in [2.24, 2.45) is 0 Å². The topological polar surface area (TPSA) is 73.9 Å². The minimum absolute atomic E-state index is 0.161. The number of Topliss-reactive ketones (excluding diaryl/α,β-unsaturated/α-hetero) is 1. The third-order valence-corrected chi connectivity index (χ3v) is 2.47. The number of hydrogen-bond acceptors (Lipinski definition) is 5. The third-order valence-electron chi connectivity index (χ3n) is 2.47. The van der Waals surface area contributed by atoms with Gasteiger partial charge in [0.2, 0.25) is 0 Å². The van der Waals surface area contributed by atoms with Crippen LogP contribution in [-0.2, 0) is 4.74 Å². The molecular weight excluding hydrogens is 274 g/mol. The first kappa shape index (κ1) is 16.8. The van der Waals surface area contributed by atoms with E-state index in [1.807, 2.05) is 0 Å². The highest BCUT2D eigenvalue weighted by Gasteiger charge is 2.17. The standard InChI is InChI=1S/C15H21NO5/c1-15(2,3)21-14(18)16-9-13(17)10-6-11(19-4)8-12(7-10)20-5/h6-8H,9H2,1-5H3,(H,16,18). The molecule has 1 aromatic rings. The van der Waals surface area contributed by atoms with Crippen molar-refractivity contribution in [1.29, 1.82) is 0 Å². The Morgan fingerprint density at radius 3 is 2.00 bits per heavy atom. The van der Waals surface area contributed by atoms with E-state index in [0.717, 1.165) is 0 Å². The van der Waals surface area contributed by atoms with Gasteiger partial charge in [-0.3, -0.25) is 4.79 Å². The lowest BCUT2D eigenvalue weighted by atomic mass is 10.1. The summed E-state index contributed by atoms with van der Waals surface area (Å²) in [4.78, 5) is 23.6. The Bertz CT molecular complexity index is 497. The van der Waals surface area contributed by atoms with Crippen molar-refractivity contribution in [1.82, 2.24) is 5.32 Å². The second-order valence-electron chi connectivity index (χ2n) is 5.38. The molecule has 0 aliphatic heterocycles. The number of carbonyl (C=O) groups excluding carboxylic acids is 2. The molecule has 0 aromatic heterocycles. The molecule has 0 fully saturated rings. The maximum absolute atomic E-state index is 12.1. The number of ketones is 1. The van der Waals surface area contributed by atoms with Crippen molar-refractivity contribution in [3.63, 3.8) is 0 Å². The Morgan fingerprint density at radius 1 is 1.05 bits per heavy atom. The van der Waals surface area contributed by atoms with Crippen LogP contribution in [0, 0.1) is 0 Å². The summed E-state index contributed by atoms with van der Waals surface area (Å²) in [5.41, 5.74) is -0.214. The molecule has 0 radical (unpaired) electrons. The van der Waals surface area contributed by atoms with Gasteiger partial charge in [-0.15, -0.1) is 0 Å². The van der Waals surface area contributed by atoms with E-state index in [-0.39, 0.29) is 12.3 Å². The molecule has 0 heterocycles. The van der Waals surface area contributed by atoms with Crippen molar-refractivity contribution >= 4 is 11.9 Å². The second kappa shape index (κ2) is 6.97. The average molecular weight is 295 g/mol. The van der Waals surface area contributed by atoms with Gasteiger partial charge in [-0.25, -0.2) is 4.79 Å². The van der Waals surface area contributed by atoms with Crippen LogP contribution in [0.1, 0.15) is 31.1 Å². The van der Waals surface area contributed by atoms with Crippen LogP contribution in [0.4, 0.5) is 4.79 Å². The SMILES string of the molecule is COc1cc(OC)cc(C(=O)CNC(=O)OC(C)(C)C)c1. The van der Waals surface area contributed by atoms with Gasteiger partial charge in [0.1, 0.15) is 17.1 Å². The van der Waals surface area contributed by atoms with Crippen molar-refractivity contribution in [2.45, 2.75) is 26.4 Å². The van der Waals surface area contributed by atoms with Crippen LogP contribution in [0.15, 0.2) is 18.2 Å². The summed E-state index contributed by atoms with van der Waals surface area (Å²) < 4.78 is 15.3. The van der Waals surface area contributed by atoms with Crippen LogP contribution < -0.4 is 14.8 Å². The number of rotatable bonds is 5. The highest BCUT2D eigenvalue weighted by atomic mass is 16.6. The van der Waals surface area contributed by atoms with Gasteiger partial charge >= 0.3 is 6.09 Å². The van der Waals surface area contributed by atoms with Crippen molar-refractivity contribution in [2.75, 3.05) is 20.8 Å². The molecule has 0 saturated carbocycles. The van der Waals surface area contributed by atoms with Crippen LogP contribution in [0.25, 0.3) is 0 Å². The predicted molar refractivity (Wildman–Crippen MR) is 78.1 cm³/mol. The fourth-order valence-corrected chi connectivity index (χ4v) is 1.54. The highest BCUT2D eigenvalue weighted by Crippen LogP contribution is 2.22. The van der Waals surface area contributed by atoms with Gasteiger partial charge in [0.15, 0.2) is 5.78 Å². The van der Waals surface area contributed by atoms with Gasteiger partial charge in [-0.1, -0.05) is 0 Å². The quantitative estimate of drug-likeness (QED) is 0.844. The van der Waals surface area contributed by atoms with Crippen LogP contribution in [0.3, 0.4) is 0 Å². The van der Waals surface area contributed by atoms with E-state index in [4.69, 9.17) is 14.2 Å². The van der Waals surface area contributed by atoms with E-state index >= 15 is 0 Å². The summed E-state index contributed by atoms with van der Waals surface area (Å²) >= 11 is 0. The highest BCUT2D eigenvalue weighted by molar-refractivity contribution is 5.99. The Balaban J connectivity index is 2.69. The molecular formula is C15H21NO5. The lowest BCUT2D eigenvalue weighted by molar-refractivity contribution is 0.0520. The number of methoxy groups -OCH3 is 2. The van der Waals surface area contributed by atoms with E-state index in [1.165, 1.54) is 14.2 Å². The van der Waals surface area contributed by atoms with Gasteiger partial charge < -0.3 is 19.5 Å². The van der Waals surface area contributed by atoms with E-state index in [0.29, 0.717) is 17.1 Å². The number of alkyl carbamates (subject to hydrolysis) is 1. The first-order chi connectivity index (χ1) is 9.75. The van der Waals surface area contributed by atoms with E-state index in [2.05, 4.69) is 5.32 Å². The van der Waals surface area contributed by atoms with Gasteiger partial charge in [0, 0.05) is 11.6 Å². The number of amides is 1. The number of ether oxygens (including phenoxy) is 3. The summed E-state index contributed by atoms with van der Waals surface area (Å²) in [5, 5.41) is 2.42. The number of hydrogen-bond donors (Lipinski definition) is 1. The van der Waals surface area contributed by atoms with Crippen LogP contribution >= 0.6 is 0 Å². The summed E-state index contributed by atoms with van der Waals surface area (Å²) in [6, 6.07) is 4.83. The molecule has 0 spiro atoms. The maximum Gasteiger partial charge on any atom is 0.408 e. The zero-order chi connectivity index (χ0) is 16.0. The summed E-state index contributed by atoms with van der Waals surface area (Å²) in [6.45, 7) is 5.09. The molecule has 0 unspecified atom stereocenters. The summed E-state index contributed by atoms with van der Waals surface area (Å²) in [7, 11) is 3.00. The molecule has 1 rings (SSSR count). The monoisotopic (exact) mass is 295 g/mol. The molecule has 21 heavy (non-hydrogen) atoms. The Labute approximate surface area is 124 Å². The Morgan fingerprint density at radius 2 is 1.57 bits per heavy atom.